The van der Waals surface area contributed by atoms with Crippen LogP contribution in [0.4, 0.5) is 0 Å². The molecule has 19 heavy (non-hydrogen) atoms. The van der Waals surface area contributed by atoms with E-state index in [-0.39, 0.29) is 23.8 Å². The van der Waals surface area contributed by atoms with Crippen molar-refractivity contribution in [3.05, 3.63) is 0 Å². The second kappa shape index (κ2) is 6.89. The Kier molecular flexibility index (Phi) is 5.79. The van der Waals surface area contributed by atoms with Crippen molar-refractivity contribution in [2.45, 2.75) is 40.2 Å². The van der Waals surface area contributed by atoms with Gasteiger partial charge in [-0.05, 0) is 12.3 Å². The minimum absolute atomic E-state index is 0.000496. The van der Waals surface area contributed by atoms with Crippen LogP contribution in [0.1, 0.15) is 34.1 Å². The molecule has 0 aromatic carbocycles. The molecule has 1 rings (SSSR count). The number of carbonyl (C=O) groups is 2. The van der Waals surface area contributed by atoms with Gasteiger partial charge in [0.25, 0.3) is 0 Å². The normalized spacial score (nSPS) is 24.7. The molecule has 110 valence electrons. The Morgan fingerprint density at radius 1 is 1.26 bits per heavy atom. The molecule has 5 nitrogen and oxygen atoms in total. The number of carboxylic acids is 1. The first kappa shape index (κ1) is 16.0. The summed E-state index contributed by atoms with van der Waals surface area (Å²) < 4.78 is 0. The summed E-state index contributed by atoms with van der Waals surface area (Å²) in [6, 6.07) is -0.0523. The number of carbonyl (C=O) groups excluding carboxylic acids is 1. The Balaban J connectivity index is 2.64. The summed E-state index contributed by atoms with van der Waals surface area (Å²) in [6.45, 7) is 10.1. The number of hydrogen-bond acceptors (Lipinski definition) is 3. The van der Waals surface area contributed by atoms with Crippen molar-refractivity contribution in [1.82, 2.24) is 10.2 Å². The second-order valence-electron chi connectivity index (χ2n) is 6.24. The SMILES string of the molecule is CC(C)CN1CC(NC(=O)C(C)C)CC(C(=O)O)C1. The van der Waals surface area contributed by atoms with Gasteiger partial charge in [0.1, 0.15) is 0 Å². The van der Waals surface area contributed by atoms with Gasteiger partial charge in [-0.3, -0.25) is 9.59 Å². The lowest BCUT2D eigenvalue weighted by Gasteiger charge is -2.37. The average molecular weight is 270 g/mol. The van der Waals surface area contributed by atoms with Gasteiger partial charge in [-0.25, -0.2) is 0 Å². The maximum absolute atomic E-state index is 11.7. The number of hydrogen-bond donors (Lipinski definition) is 2. The summed E-state index contributed by atoms with van der Waals surface area (Å²) in [5, 5.41) is 12.2. The first-order valence-corrected chi connectivity index (χ1v) is 7.05. The number of nitrogens with zero attached hydrogens (tertiary/aromatic N) is 1. The van der Waals surface area contributed by atoms with Gasteiger partial charge in [-0.2, -0.15) is 0 Å². The molecule has 0 bridgehead atoms. The molecule has 0 aromatic heterocycles. The zero-order valence-electron chi connectivity index (χ0n) is 12.3. The van der Waals surface area contributed by atoms with Crippen molar-refractivity contribution in [3.63, 3.8) is 0 Å². The molecule has 0 aromatic rings. The summed E-state index contributed by atoms with van der Waals surface area (Å²) in [5.74, 6) is -0.722. The minimum Gasteiger partial charge on any atom is -0.481 e. The third-order valence-electron chi connectivity index (χ3n) is 3.37. The maximum atomic E-state index is 11.7. The highest BCUT2D eigenvalue weighted by atomic mass is 16.4. The topological polar surface area (TPSA) is 69.6 Å². The van der Waals surface area contributed by atoms with Crippen molar-refractivity contribution in [2.24, 2.45) is 17.8 Å². The monoisotopic (exact) mass is 270 g/mol. The average Bonchev–Trinajstić information content (AvgIpc) is 2.27. The molecule has 0 spiro atoms. The summed E-state index contributed by atoms with van der Waals surface area (Å²) in [7, 11) is 0. The van der Waals surface area contributed by atoms with Gasteiger partial charge in [0.2, 0.25) is 5.91 Å². The molecule has 5 heteroatoms. The predicted octanol–water partition coefficient (Wildman–Crippen LogP) is 1.19. The van der Waals surface area contributed by atoms with E-state index in [0.29, 0.717) is 18.9 Å². The van der Waals surface area contributed by atoms with Crippen LogP contribution in [-0.4, -0.2) is 47.6 Å². The van der Waals surface area contributed by atoms with Crippen LogP contribution in [-0.2, 0) is 9.59 Å². The fourth-order valence-electron chi connectivity index (χ4n) is 2.51. The molecule has 1 amide bonds. The summed E-state index contributed by atoms with van der Waals surface area (Å²) in [5.41, 5.74) is 0. The first-order chi connectivity index (χ1) is 8.79. The lowest BCUT2D eigenvalue weighted by atomic mass is 9.93. The van der Waals surface area contributed by atoms with Crippen LogP contribution in [0.25, 0.3) is 0 Å². The third kappa shape index (κ3) is 5.19. The van der Waals surface area contributed by atoms with E-state index >= 15 is 0 Å². The number of amides is 1. The Morgan fingerprint density at radius 2 is 1.89 bits per heavy atom. The Morgan fingerprint density at radius 3 is 2.37 bits per heavy atom. The van der Waals surface area contributed by atoms with E-state index in [9.17, 15) is 14.7 Å². The predicted molar refractivity (Wildman–Crippen MR) is 73.8 cm³/mol. The first-order valence-electron chi connectivity index (χ1n) is 7.05. The van der Waals surface area contributed by atoms with E-state index in [1.54, 1.807) is 0 Å². The van der Waals surface area contributed by atoms with Gasteiger partial charge in [-0.15, -0.1) is 0 Å². The number of aliphatic carboxylic acids is 1. The van der Waals surface area contributed by atoms with Crippen LogP contribution in [0.15, 0.2) is 0 Å². The molecule has 1 fully saturated rings. The zero-order chi connectivity index (χ0) is 14.6. The number of nitrogens with one attached hydrogen (secondary N) is 1. The molecule has 1 aliphatic heterocycles. The fourth-order valence-corrected chi connectivity index (χ4v) is 2.51. The van der Waals surface area contributed by atoms with Gasteiger partial charge in [-0.1, -0.05) is 27.7 Å². The van der Waals surface area contributed by atoms with Crippen LogP contribution in [0, 0.1) is 17.8 Å². The van der Waals surface area contributed by atoms with Gasteiger partial charge < -0.3 is 15.3 Å². The molecular weight excluding hydrogens is 244 g/mol. The molecule has 0 radical (unpaired) electrons. The zero-order valence-corrected chi connectivity index (χ0v) is 12.3. The Bertz CT molecular complexity index is 329. The maximum Gasteiger partial charge on any atom is 0.307 e. The van der Waals surface area contributed by atoms with E-state index in [4.69, 9.17) is 0 Å². The summed E-state index contributed by atoms with van der Waals surface area (Å²) in [6.07, 6.45) is 0.530. The van der Waals surface area contributed by atoms with Crippen molar-refractivity contribution >= 4 is 11.9 Å². The quantitative estimate of drug-likeness (QED) is 0.787. The van der Waals surface area contributed by atoms with E-state index < -0.39 is 5.97 Å². The molecule has 1 saturated heterocycles. The fraction of sp³-hybridized carbons (Fsp3) is 0.857. The van der Waals surface area contributed by atoms with Crippen LogP contribution in [0.2, 0.25) is 0 Å². The lowest BCUT2D eigenvalue weighted by molar-refractivity contribution is -0.144. The Labute approximate surface area is 115 Å². The van der Waals surface area contributed by atoms with E-state index in [1.165, 1.54) is 0 Å². The van der Waals surface area contributed by atoms with Crippen molar-refractivity contribution < 1.29 is 14.7 Å². The smallest absolute Gasteiger partial charge is 0.307 e. The molecular formula is C14H26N2O3. The summed E-state index contributed by atoms with van der Waals surface area (Å²) >= 11 is 0. The highest BCUT2D eigenvalue weighted by Gasteiger charge is 2.32. The van der Waals surface area contributed by atoms with Crippen LogP contribution < -0.4 is 5.32 Å². The van der Waals surface area contributed by atoms with Gasteiger partial charge in [0.15, 0.2) is 0 Å². The summed E-state index contributed by atoms with van der Waals surface area (Å²) in [4.78, 5) is 25.1. The molecule has 1 aliphatic rings. The van der Waals surface area contributed by atoms with E-state index in [0.717, 1.165) is 13.1 Å². The van der Waals surface area contributed by atoms with Gasteiger partial charge in [0.05, 0.1) is 5.92 Å². The van der Waals surface area contributed by atoms with E-state index in [2.05, 4.69) is 24.1 Å². The molecule has 2 unspecified atom stereocenters. The molecule has 2 atom stereocenters. The van der Waals surface area contributed by atoms with Crippen LogP contribution in [0.5, 0.6) is 0 Å². The van der Waals surface area contributed by atoms with E-state index in [1.807, 2.05) is 13.8 Å². The van der Waals surface area contributed by atoms with Crippen LogP contribution in [0.3, 0.4) is 0 Å². The van der Waals surface area contributed by atoms with Gasteiger partial charge in [0, 0.05) is 31.6 Å². The second-order valence-corrected chi connectivity index (χ2v) is 6.24. The third-order valence-corrected chi connectivity index (χ3v) is 3.37. The highest BCUT2D eigenvalue weighted by molar-refractivity contribution is 5.78. The number of piperidine rings is 1. The highest BCUT2D eigenvalue weighted by Crippen LogP contribution is 2.18. The minimum atomic E-state index is -0.766. The van der Waals surface area contributed by atoms with Crippen LogP contribution >= 0.6 is 0 Å². The molecule has 1 heterocycles. The Hall–Kier alpha value is -1.10. The molecule has 0 saturated carbocycles. The van der Waals surface area contributed by atoms with Crippen molar-refractivity contribution in [3.8, 4) is 0 Å². The van der Waals surface area contributed by atoms with Crippen molar-refractivity contribution in [2.75, 3.05) is 19.6 Å². The van der Waals surface area contributed by atoms with Crippen molar-refractivity contribution in [1.29, 1.82) is 0 Å². The lowest BCUT2D eigenvalue weighted by Crippen LogP contribution is -2.53. The number of carboxylic acid groups (broad SMARTS) is 1. The molecule has 0 aliphatic carbocycles. The number of rotatable bonds is 5. The number of likely N-dealkylation sites (tertiary alicyclic amines) is 1. The van der Waals surface area contributed by atoms with Gasteiger partial charge >= 0.3 is 5.97 Å². The standard InChI is InChI=1S/C14H26N2O3/c1-9(2)6-16-7-11(14(18)19)5-12(8-16)15-13(17)10(3)4/h9-12H,5-8H2,1-4H3,(H,15,17)(H,18,19). The molecule has 2 N–H and O–H groups in total. The largest absolute Gasteiger partial charge is 0.481 e.